The van der Waals surface area contributed by atoms with E-state index in [0.717, 1.165) is 11.1 Å². The lowest BCUT2D eigenvalue weighted by Gasteiger charge is -2.24. The van der Waals surface area contributed by atoms with E-state index in [2.05, 4.69) is 10.4 Å². The standard InChI is InChI=1S/C19H15ClFN3O/c20-13-7-5-12(6-8-13)11-24-19-16(10-22-24)15(9-18(25)23-19)14-3-1-2-4-17(14)21/h1-8,10,15H,9,11H2,(H,23,25)/t15-/m1/s1. The van der Waals surface area contributed by atoms with Crippen molar-refractivity contribution in [2.45, 2.75) is 18.9 Å². The number of rotatable bonds is 3. The number of hydrogen-bond donors (Lipinski definition) is 1. The molecule has 0 saturated heterocycles. The molecular weight excluding hydrogens is 341 g/mol. The summed E-state index contributed by atoms with van der Waals surface area (Å²) < 4.78 is 15.9. The summed E-state index contributed by atoms with van der Waals surface area (Å²) in [5, 5.41) is 7.94. The number of amides is 1. The molecule has 1 N–H and O–H groups in total. The van der Waals surface area contributed by atoms with Crippen molar-refractivity contribution < 1.29 is 9.18 Å². The zero-order valence-corrected chi connectivity index (χ0v) is 14.0. The first kappa shape index (κ1) is 15.8. The van der Waals surface area contributed by atoms with Crippen molar-refractivity contribution in [2.75, 3.05) is 5.32 Å². The summed E-state index contributed by atoms with van der Waals surface area (Å²) in [4.78, 5) is 12.2. The Bertz CT molecular complexity index is 936. The van der Waals surface area contributed by atoms with Gasteiger partial charge in [-0.25, -0.2) is 9.07 Å². The average molecular weight is 356 g/mol. The molecule has 0 unspecified atom stereocenters. The molecule has 0 aliphatic carbocycles. The van der Waals surface area contributed by atoms with Gasteiger partial charge in [0.1, 0.15) is 11.6 Å². The van der Waals surface area contributed by atoms with Gasteiger partial charge >= 0.3 is 0 Å². The van der Waals surface area contributed by atoms with Crippen LogP contribution < -0.4 is 5.32 Å². The van der Waals surface area contributed by atoms with Crippen LogP contribution in [0, 0.1) is 5.82 Å². The third-order valence-corrected chi connectivity index (χ3v) is 4.67. The summed E-state index contributed by atoms with van der Waals surface area (Å²) in [7, 11) is 0. The van der Waals surface area contributed by atoms with Gasteiger partial charge in [0.15, 0.2) is 0 Å². The number of hydrogen-bond acceptors (Lipinski definition) is 2. The van der Waals surface area contributed by atoms with Crippen molar-refractivity contribution in [3.63, 3.8) is 0 Å². The second kappa shape index (κ2) is 6.33. The fraction of sp³-hybridized carbons (Fsp3) is 0.158. The molecule has 0 radical (unpaired) electrons. The molecule has 1 aliphatic heterocycles. The monoisotopic (exact) mass is 355 g/mol. The molecule has 25 heavy (non-hydrogen) atoms. The van der Waals surface area contributed by atoms with Crippen LogP contribution in [0.15, 0.2) is 54.7 Å². The predicted octanol–water partition coefficient (Wildman–Crippen LogP) is 4.20. The molecule has 0 bridgehead atoms. The summed E-state index contributed by atoms with van der Waals surface area (Å²) >= 11 is 5.91. The molecule has 1 aliphatic rings. The van der Waals surface area contributed by atoms with E-state index in [0.29, 0.717) is 22.9 Å². The van der Waals surface area contributed by atoms with Gasteiger partial charge in [-0.15, -0.1) is 0 Å². The van der Waals surface area contributed by atoms with Crippen molar-refractivity contribution >= 4 is 23.3 Å². The first-order valence-corrected chi connectivity index (χ1v) is 8.34. The van der Waals surface area contributed by atoms with Crippen LogP contribution in [0.4, 0.5) is 10.2 Å². The zero-order chi connectivity index (χ0) is 17.4. The molecule has 2 aromatic carbocycles. The third-order valence-electron chi connectivity index (χ3n) is 4.42. The molecule has 0 fully saturated rings. The smallest absolute Gasteiger partial charge is 0.226 e. The third kappa shape index (κ3) is 3.03. The molecule has 1 atom stereocenters. The summed E-state index contributed by atoms with van der Waals surface area (Å²) in [6, 6.07) is 14.0. The molecule has 4 rings (SSSR count). The van der Waals surface area contributed by atoms with E-state index >= 15 is 0 Å². The molecule has 0 spiro atoms. The Kier molecular flexibility index (Phi) is 4.01. The maximum Gasteiger partial charge on any atom is 0.226 e. The SMILES string of the molecule is O=C1C[C@H](c2ccccc2F)c2cnn(Cc3ccc(Cl)cc3)c2N1. The van der Waals surface area contributed by atoms with E-state index in [1.807, 2.05) is 24.3 Å². The maximum atomic E-state index is 14.2. The van der Waals surface area contributed by atoms with Gasteiger partial charge < -0.3 is 5.32 Å². The number of halogens is 2. The Morgan fingerprint density at radius 1 is 1.16 bits per heavy atom. The van der Waals surface area contributed by atoms with Crippen LogP contribution in [0.25, 0.3) is 0 Å². The zero-order valence-electron chi connectivity index (χ0n) is 13.2. The molecular formula is C19H15ClFN3O. The van der Waals surface area contributed by atoms with Gasteiger partial charge in [-0.3, -0.25) is 4.79 Å². The summed E-state index contributed by atoms with van der Waals surface area (Å²) in [5.74, 6) is -0.152. The van der Waals surface area contributed by atoms with E-state index in [4.69, 9.17) is 11.6 Å². The Morgan fingerprint density at radius 2 is 1.92 bits per heavy atom. The Balaban J connectivity index is 1.71. The summed E-state index contributed by atoms with van der Waals surface area (Å²) in [6.45, 7) is 0.497. The highest BCUT2D eigenvalue weighted by molar-refractivity contribution is 6.30. The van der Waals surface area contributed by atoms with Crippen LogP contribution >= 0.6 is 11.6 Å². The van der Waals surface area contributed by atoms with Gasteiger partial charge in [-0.2, -0.15) is 5.10 Å². The second-order valence-corrected chi connectivity index (χ2v) is 6.50. The van der Waals surface area contributed by atoms with Crippen molar-refractivity contribution in [3.05, 3.63) is 82.3 Å². The van der Waals surface area contributed by atoms with E-state index in [1.165, 1.54) is 6.07 Å². The minimum atomic E-state index is -0.330. The normalized spacial score (nSPS) is 16.4. The van der Waals surface area contributed by atoms with Gasteiger partial charge in [-0.1, -0.05) is 41.9 Å². The number of nitrogens with zero attached hydrogens (tertiary/aromatic N) is 2. The van der Waals surface area contributed by atoms with Crippen LogP contribution in [0.5, 0.6) is 0 Å². The second-order valence-electron chi connectivity index (χ2n) is 6.06. The minimum Gasteiger partial charge on any atom is -0.311 e. The minimum absolute atomic E-state index is 0.140. The van der Waals surface area contributed by atoms with Gasteiger partial charge in [0.25, 0.3) is 0 Å². The Hall–Kier alpha value is -2.66. The highest BCUT2D eigenvalue weighted by Gasteiger charge is 2.31. The van der Waals surface area contributed by atoms with E-state index < -0.39 is 0 Å². The van der Waals surface area contributed by atoms with Crippen molar-refractivity contribution in [1.82, 2.24) is 9.78 Å². The maximum absolute atomic E-state index is 14.2. The number of anilines is 1. The lowest BCUT2D eigenvalue weighted by molar-refractivity contribution is -0.116. The quantitative estimate of drug-likeness (QED) is 0.765. The molecule has 1 amide bonds. The molecule has 126 valence electrons. The van der Waals surface area contributed by atoms with Crippen LogP contribution in [-0.2, 0) is 11.3 Å². The summed E-state index contributed by atoms with van der Waals surface area (Å²) in [6.07, 6.45) is 1.92. The molecule has 4 nitrogen and oxygen atoms in total. The van der Waals surface area contributed by atoms with Crippen molar-refractivity contribution in [3.8, 4) is 0 Å². The van der Waals surface area contributed by atoms with Crippen molar-refractivity contribution in [2.24, 2.45) is 0 Å². The number of aromatic nitrogens is 2. The number of fused-ring (bicyclic) bond motifs is 1. The van der Waals surface area contributed by atoms with Crippen LogP contribution in [0.2, 0.25) is 5.02 Å². The lowest BCUT2D eigenvalue weighted by Crippen LogP contribution is -2.25. The number of carbonyl (C=O) groups excluding carboxylic acids is 1. The van der Waals surface area contributed by atoms with Crippen LogP contribution in [0.1, 0.15) is 29.0 Å². The largest absolute Gasteiger partial charge is 0.311 e. The predicted molar refractivity (Wildman–Crippen MR) is 94.3 cm³/mol. The summed E-state index contributed by atoms with van der Waals surface area (Å²) in [5.41, 5.74) is 2.36. The van der Waals surface area contributed by atoms with E-state index in [-0.39, 0.29) is 24.1 Å². The van der Waals surface area contributed by atoms with Crippen LogP contribution in [0.3, 0.4) is 0 Å². The topological polar surface area (TPSA) is 46.9 Å². The van der Waals surface area contributed by atoms with Crippen LogP contribution in [-0.4, -0.2) is 15.7 Å². The highest BCUT2D eigenvalue weighted by Crippen LogP contribution is 2.38. The lowest BCUT2D eigenvalue weighted by atomic mass is 9.87. The Labute approximate surface area is 149 Å². The molecule has 2 heterocycles. The first-order valence-electron chi connectivity index (χ1n) is 7.96. The average Bonchev–Trinajstić information content (AvgIpc) is 2.99. The number of benzene rings is 2. The fourth-order valence-corrected chi connectivity index (χ4v) is 3.31. The van der Waals surface area contributed by atoms with E-state index in [9.17, 15) is 9.18 Å². The number of nitrogens with one attached hydrogen (secondary N) is 1. The molecule has 0 saturated carbocycles. The van der Waals surface area contributed by atoms with E-state index in [1.54, 1.807) is 29.1 Å². The Morgan fingerprint density at radius 3 is 2.68 bits per heavy atom. The number of carbonyl (C=O) groups is 1. The van der Waals surface area contributed by atoms with Gasteiger partial charge in [-0.05, 0) is 29.3 Å². The molecule has 3 aromatic rings. The van der Waals surface area contributed by atoms with Gasteiger partial charge in [0.2, 0.25) is 5.91 Å². The van der Waals surface area contributed by atoms with Gasteiger partial charge in [0.05, 0.1) is 12.7 Å². The fourth-order valence-electron chi connectivity index (χ4n) is 3.19. The van der Waals surface area contributed by atoms with Gasteiger partial charge in [0, 0.05) is 22.9 Å². The first-order chi connectivity index (χ1) is 12.1. The molecule has 1 aromatic heterocycles. The molecule has 6 heteroatoms. The van der Waals surface area contributed by atoms with Crippen molar-refractivity contribution in [1.29, 1.82) is 0 Å². The highest BCUT2D eigenvalue weighted by atomic mass is 35.5.